The van der Waals surface area contributed by atoms with Gasteiger partial charge in [0.25, 0.3) is 5.91 Å². The van der Waals surface area contributed by atoms with Gasteiger partial charge < -0.3 is 0 Å². The lowest BCUT2D eigenvalue weighted by Crippen LogP contribution is -2.18. The van der Waals surface area contributed by atoms with Crippen LogP contribution in [-0.2, 0) is 0 Å². The fourth-order valence-electron chi connectivity index (χ4n) is 2.01. The Balaban J connectivity index is 1.68. The fourth-order valence-corrected chi connectivity index (χ4v) is 2.46. The molecule has 0 radical (unpaired) electrons. The van der Waals surface area contributed by atoms with E-state index >= 15 is 0 Å². The van der Waals surface area contributed by atoms with Crippen LogP contribution in [0.5, 0.6) is 0 Å². The molecule has 0 saturated carbocycles. The number of carbonyl (C=O) groups is 1. The van der Waals surface area contributed by atoms with Gasteiger partial charge in [0.05, 0.1) is 11.9 Å². The Hall–Kier alpha value is -2.44. The average molecular weight is 404 g/mol. The summed E-state index contributed by atoms with van der Waals surface area (Å²) in [7, 11) is 0. The lowest BCUT2D eigenvalue weighted by atomic mass is 10.1. The molecule has 0 bridgehead atoms. The van der Waals surface area contributed by atoms with Crippen LogP contribution in [0.15, 0.2) is 64.2 Å². The molecule has 0 spiro atoms. The molecule has 120 valence electrons. The maximum absolute atomic E-state index is 12.1. The van der Waals surface area contributed by atoms with E-state index in [4.69, 9.17) is 11.6 Å². The van der Waals surface area contributed by atoms with Crippen molar-refractivity contribution in [3.8, 4) is 11.3 Å². The molecule has 3 rings (SSSR count). The third-order valence-electron chi connectivity index (χ3n) is 3.24. The molecule has 24 heavy (non-hydrogen) atoms. The van der Waals surface area contributed by atoms with Gasteiger partial charge in [-0.05, 0) is 24.3 Å². The quantitative estimate of drug-likeness (QED) is 0.505. The lowest BCUT2D eigenvalue weighted by Gasteiger charge is -1.97. The van der Waals surface area contributed by atoms with Gasteiger partial charge in [0.1, 0.15) is 5.69 Å². The Bertz CT molecular complexity index is 890. The highest BCUT2D eigenvalue weighted by atomic mass is 79.9. The van der Waals surface area contributed by atoms with Crippen molar-refractivity contribution in [2.24, 2.45) is 5.10 Å². The van der Waals surface area contributed by atoms with E-state index in [0.29, 0.717) is 16.4 Å². The number of benzene rings is 2. The molecule has 0 aliphatic heterocycles. The van der Waals surface area contributed by atoms with E-state index in [1.807, 2.05) is 36.4 Å². The number of amides is 1. The topological polar surface area (TPSA) is 70.1 Å². The molecule has 0 unspecified atom stereocenters. The molecule has 3 aromatic rings. The van der Waals surface area contributed by atoms with Gasteiger partial charge in [-0.3, -0.25) is 9.89 Å². The summed E-state index contributed by atoms with van der Waals surface area (Å²) in [6, 6.07) is 16.6. The van der Waals surface area contributed by atoms with Gasteiger partial charge in [-0.2, -0.15) is 10.2 Å². The van der Waals surface area contributed by atoms with E-state index in [1.165, 1.54) is 6.21 Å². The predicted molar refractivity (Wildman–Crippen MR) is 98.2 cm³/mol. The fraction of sp³-hybridized carbons (Fsp3) is 0. The molecule has 2 aromatic carbocycles. The summed E-state index contributed by atoms with van der Waals surface area (Å²) >= 11 is 9.40. The molecule has 0 aliphatic carbocycles. The number of aromatic nitrogens is 2. The minimum absolute atomic E-state index is 0.323. The van der Waals surface area contributed by atoms with Crippen LogP contribution in [0.4, 0.5) is 0 Å². The number of hydrazone groups is 1. The Morgan fingerprint density at radius 3 is 2.71 bits per heavy atom. The van der Waals surface area contributed by atoms with Crippen molar-refractivity contribution in [2.45, 2.75) is 0 Å². The second kappa shape index (κ2) is 7.42. The molecule has 0 fully saturated rings. The first kappa shape index (κ1) is 16.4. The van der Waals surface area contributed by atoms with Crippen LogP contribution in [-0.4, -0.2) is 22.3 Å². The third-order valence-corrected chi connectivity index (χ3v) is 4.11. The number of carbonyl (C=O) groups excluding carboxylic acids is 1. The standard InChI is InChI=1S/C17H12BrClN4O/c18-13-7-5-11(6-8-13)15-9-16(22-21-15)17(24)23-20-10-12-3-1-2-4-14(12)19/h1-10H,(H,21,22)(H,23,24)/b20-10-. The number of nitrogens with zero attached hydrogens (tertiary/aromatic N) is 2. The molecule has 2 N–H and O–H groups in total. The Kier molecular flexibility index (Phi) is 5.08. The Morgan fingerprint density at radius 2 is 1.96 bits per heavy atom. The normalized spacial score (nSPS) is 10.9. The van der Waals surface area contributed by atoms with Crippen LogP contribution < -0.4 is 5.43 Å². The molecule has 0 atom stereocenters. The van der Waals surface area contributed by atoms with Crippen LogP contribution in [0.2, 0.25) is 5.02 Å². The molecule has 1 heterocycles. The average Bonchev–Trinajstić information content (AvgIpc) is 3.07. The van der Waals surface area contributed by atoms with Crippen LogP contribution >= 0.6 is 27.5 Å². The van der Waals surface area contributed by atoms with Gasteiger partial charge in [-0.15, -0.1) is 0 Å². The first-order chi connectivity index (χ1) is 11.6. The zero-order valence-corrected chi connectivity index (χ0v) is 14.7. The summed E-state index contributed by atoms with van der Waals surface area (Å²) < 4.78 is 0.980. The van der Waals surface area contributed by atoms with Crippen LogP contribution in [0.3, 0.4) is 0 Å². The van der Waals surface area contributed by atoms with Gasteiger partial charge in [0.2, 0.25) is 0 Å². The highest BCUT2D eigenvalue weighted by Crippen LogP contribution is 2.20. The number of halogens is 2. The molecule has 1 amide bonds. The van der Waals surface area contributed by atoms with Crippen LogP contribution in [0.1, 0.15) is 16.1 Å². The van der Waals surface area contributed by atoms with Crippen molar-refractivity contribution in [3.05, 3.63) is 75.4 Å². The van der Waals surface area contributed by atoms with Crippen molar-refractivity contribution >= 4 is 39.7 Å². The number of H-pyrrole nitrogens is 1. The molecule has 7 heteroatoms. The van der Waals surface area contributed by atoms with Gasteiger partial charge >= 0.3 is 0 Å². The molecule has 0 aliphatic rings. The maximum atomic E-state index is 12.1. The maximum Gasteiger partial charge on any atom is 0.289 e. The van der Waals surface area contributed by atoms with Gasteiger partial charge in [0.15, 0.2) is 0 Å². The van der Waals surface area contributed by atoms with Crippen molar-refractivity contribution in [1.29, 1.82) is 0 Å². The first-order valence-electron chi connectivity index (χ1n) is 7.03. The van der Waals surface area contributed by atoms with Crippen LogP contribution in [0.25, 0.3) is 11.3 Å². The van der Waals surface area contributed by atoms with E-state index in [1.54, 1.807) is 18.2 Å². The number of hydrogen-bond acceptors (Lipinski definition) is 3. The van der Waals surface area contributed by atoms with Crippen molar-refractivity contribution in [3.63, 3.8) is 0 Å². The van der Waals surface area contributed by atoms with E-state index in [-0.39, 0.29) is 5.91 Å². The summed E-state index contributed by atoms with van der Waals surface area (Å²) in [6.07, 6.45) is 1.49. The lowest BCUT2D eigenvalue weighted by molar-refractivity contribution is 0.0950. The van der Waals surface area contributed by atoms with Crippen molar-refractivity contribution < 1.29 is 4.79 Å². The zero-order valence-electron chi connectivity index (χ0n) is 12.3. The Morgan fingerprint density at radius 1 is 1.21 bits per heavy atom. The van der Waals surface area contributed by atoms with Gasteiger partial charge in [0, 0.05) is 20.6 Å². The van der Waals surface area contributed by atoms with Crippen molar-refractivity contribution in [1.82, 2.24) is 15.6 Å². The SMILES string of the molecule is O=C(N/N=C\c1ccccc1Cl)c1cc(-c2ccc(Br)cc2)n[nH]1. The predicted octanol–water partition coefficient (Wildman–Crippen LogP) is 4.26. The molecule has 1 aromatic heterocycles. The van der Waals surface area contributed by atoms with Gasteiger partial charge in [-0.1, -0.05) is 57.9 Å². The molecular weight excluding hydrogens is 392 g/mol. The minimum Gasteiger partial charge on any atom is -0.272 e. The molecular formula is C17H12BrClN4O. The largest absolute Gasteiger partial charge is 0.289 e. The number of aromatic amines is 1. The molecule has 0 saturated heterocycles. The van der Waals surface area contributed by atoms with E-state index < -0.39 is 0 Å². The number of nitrogens with one attached hydrogen (secondary N) is 2. The van der Waals surface area contributed by atoms with Gasteiger partial charge in [-0.25, -0.2) is 5.43 Å². The monoisotopic (exact) mass is 402 g/mol. The van der Waals surface area contributed by atoms with Crippen LogP contribution in [0, 0.1) is 0 Å². The summed E-state index contributed by atoms with van der Waals surface area (Å²) in [6.45, 7) is 0. The number of rotatable bonds is 4. The zero-order chi connectivity index (χ0) is 16.9. The van der Waals surface area contributed by atoms with Crippen molar-refractivity contribution in [2.75, 3.05) is 0 Å². The first-order valence-corrected chi connectivity index (χ1v) is 8.20. The molecule has 5 nitrogen and oxygen atoms in total. The van der Waals surface area contributed by atoms with E-state index in [9.17, 15) is 4.79 Å². The highest BCUT2D eigenvalue weighted by Gasteiger charge is 2.10. The third kappa shape index (κ3) is 3.90. The number of hydrogen-bond donors (Lipinski definition) is 2. The minimum atomic E-state index is -0.380. The second-order valence-electron chi connectivity index (χ2n) is 4.89. The van der Waals surface area contributed by atoms with E-state index in [2.05, 4.69) is 36.7 Å². The summed E-state index contributed by atoms with van der Waals surface area (Å²) in [5, 5.41) is 11.3. The summed E-state index contributed by atoms with van der Waals surface area (Å²) in [4.78, 5) is 12.1. The smallest absolute Gasteiger partial charge is 0.272 e. The van der Waals surface area contributed by atoms with E-state index in [0.717, 1.165) is 15.6 Å². The summed E-state index contributed by atoms with van der Waals surface area (Å²) in [5.74, 6) is -0.380. The highest BCUT2D eigenvalue weighted by molar-refractivity contribution is 9.10. The Labute approximate surface area is 151 Å². The second-order valence-corrected chi connectivity index (χ2v) is 6.22. The summed E-state index contributed by atoms with van der Waals surface area (Å²) in [5.41, 5.74) is 5.08.